The molecule has 8 nitrogen and oxygen atoms in total. The van der Waals surface area contributed by atoms with Crippen molar-refractivity contribution in [1.82, 2.24) is 0 Å². The summed E-state index contributed by atoms with van der Waals surface area (Å²) >= 11 is 0. The van der Waals surface area contributed by atoms with Gasteiger partial charge in [0.25, 0.3) is 5.91 Å². The summed E-state index contributed by atoms with van der Waals surface area (Å²) in [5.41, 5.74) is 2.44. The number of ketones is 2. The van der Waals surface area contributed by atoms with Gasteiger partial charge in [-0.3, -0.25) is 14.4 Å². The number of aliphatic hydroxyl groups is 3. The molecule has 1 amide bonds. The van der Waals surface area contributed by atoms with E-state index in [9.17, 15) is 34.8 Å². The lowest BCUT2D eigenvalue weighted by atomic mass is 9.55. The molecule has 0 saturated carbocycles. The molecule has 0 unspecified atom stereocenters. The van der Waals surface area contributed by atoms with Gasteiger partial charge in [0.1, 0.15) is 22.8 Å². The number of allylic oxidation sites excluding steroid dienone is 2. The standard InChI is InChI=1S/C22H23NO7/c1-3-9-10-5-4-6-13(24)14(10)18(26)15-11(9)7-12-8(2)17(25)16(21(23)29)20(28)22(12,30)19(15)27/h4-6,8-9,11-12,24-25,27,30H,3,7H2,1-2H3,(H2,23,29)/t8-,9+,11+,12-,22-/m0/s1. The molecular formula is C22H23NO7. The molecule has 0 fully saturated rings. The van der Waals surface area contributed by atoms with Crippen molar-refractivity contribution < 1.29 is 34.8 Å². The van der Waals surface area contributed by atoms with Crippen molar-refractivity contribution in [2.45, 2.75) is 38.2 Å². The van der Waals surface area contributed by atoms with Crippen LogP contribution in [0.5, 0.6) is 5.75 Å². The summed E-state index contributed by atoms with van der Waals surface area (Å²) in [5, 5.41) is 43.2. The maximum Gasteiger partial charge on any atom is 0.255 e. The molecule has 4 rings (SSSR count). The van der Waals surface area contributed by atoms with Crippen molar-refractivity contribution in [1.29, 1.82) is 0 Å². The van der Waals surface area contributed by atoms with Crippen LogP contribution in [-0.4, -0.2) is 43.5 Å². The van der Waals surface area contributed by atoms with Crippen LogP contribution in [0.2, 0.25) is 0 Å². The first-order chi connectivity index (χ1) is 14.1. The van der Waals surface area contributed by atoms with E-state index in [4.69, 9.17) is 5.73 Å². The average Bonchev–Trinajstić information content (AvgIpc) is 2.68. The van der Waals surface area contributed by atoms with Gasteiger partial charge < -0.3 is 26.2 Å². The monoisotopic (exact) mass is 413 g/mol. The molecule has 0 aliphatic heterocycles. The summed E-state index contributed by atoms with van der Waals surface area (Å²) in [6.07, 6.45) is 0.700. The number of fused-ring (bicyclic) bond motifs is 3. The normalized spacial score (nSPS) is 33.2. The van der Waals surface area contributed by atoms with Crippen LogP contribution in [0.4, 0.5) is 0 Å². The number of phenols is 1. The van der Waals surface area contributed by atoms with Crippen molar-refractivity contribution in [2.24, 2.45) is 23.5 Å². The fourth-order valence-electron chi connectivity index (χ4n) is 5.53. The average molecular weight is 413 g/mol. The number of aliphatic hydroxyl groups excluding tert-OH is 2. The Morgan fingerprint density at radius 1 is 1.23 bits per heavy atom. The highest BCUT2D eigenvalue weighted by Crippen LogP contribution is 2.56. The molecule has 5 atom stereocenters. The summed E-state index contributed by atoms with van der Waals surface area (Å²) < 4.78 is 0. The molecule has 1 aromatic carbocycles. The number of hydrogen-bond donors (Lipinski definition) is 5. The number of benzene rings is 1. The van der Waals surface area contributed by atoms with E-state index in [1.54, 1.807) is 12.1 Å². The summed E-state index contributed by atoms with van der Waals surface area (Å²) in [7, 11) is 0. The molecule has 0 aromatic heterocycles. The van der Waals surface area contributed by atoms with Gasteiger partial charge >= 0.3 is 0 Å². The van der Waals surface area contributed by atoms with Crippen LogP contribution in [-0.2, 0) is 9.59 Å². The van der Waals surface area contributed by atoms with Gasteiger partial charge in [-0.25, -0.2) is 0 Å². The molecule has 1 aromatic rings. The number of Topliss-reactive ketones (excluding diaryl/α,β-unsaturated/α-hetero) is 2. The van der Waals surface area contributed by atoms with Gasteiger partial charge in [-0.1, -0.05) is 26.0 Å². The van der Waals surface area contributed by atoms with Gasteiger partial charge in [0, 0.05) is 17.4 Å². The predicted molar refractivity (Wildman–Crippen MR) is 105 cm³/mol. The van der Waals surface area contributed by atoms with Crippen molar-refractivity contribution in [2.75, 3.05) is 0 Å². The van der Waals surface area contributed by atoms with Crippen LogP contribution in [0.25, 0.3) is 0 Å². The number of phenolic OH excluding ortho intramolecular Hbond substituents is 1. The first-order valence-corrected chi connectivity index (χ1v) is 9.87. The van der Waals surface area contributed by atoms with Crippen molar-refractivity contribution in [3.8, 4) is 5.75 Å². The number of aromatic hydroxyl groups is 1. The van der Waals surface area contributed by atoms with Crippen LogP contribution in [0.3, 0.4) is 0 Å². The third-order valence-corrected chi connectivity index (χ3v) is 7.01. The Bertz CT molecular complexity index is 1070. The molecule has 3 aliphatic rings. The van der Waals surface area contributed by atoms with Gasteiger partial charge in [0.2, 0.25) is 5.78 Å². The van der Waals surface area contributed by atoms with E-state index in [1.165, 1.54) is 13.0 Å². The second-order valence-electron chi connectivity index (χ2n) is 8.30. The smallest absolute Gasteiger partial charge is 0.255 e. The first kappa shape index (κ1) is 20.2. The van der Waals surface area contributed by atoms with Gasteiger partial charge in [0.15, 0.2) is 11.4 Å². The summed E-state index contributed by atoms with van der Waals surface area (Å²) in [5.74, 6) is -7.29. The lowest BCUT2D eigenvalue weighted by Gasteiger charge is -2.49. The molecule has 158 valence electrons. The van der Waals surface area contributed by atoms with E-state index in [2.05, 4.69) is 0 Å². The van der Waals surface area contributed by atoms with E-state index in [0.717, 1.165) is 0 Å². The van der Waals surface area contributed by atoms with Gasteiger partial charge in [-0.15, -0.1) is 0 Å². The molecule has 6 N–H and O–H groups in total. The number of carbonyl (C=O) groups is 3. The Morgan fingerprint density at radius 2 is 1.90 bits per heavy atom. The zero-order valence-electron chi connectivity index (χ0n) is 16.5. The Morgan fingerprint density at radius 3 is 2.50 bits per heavy atom. The highest BCUT2D eigenvalue weighted by molar-refractivity contribution is 6.24. The maximum absolute atomic E-state index is 13.3. The Hall–Kier alpha value is -3.13. The molecule has 3 aliphatic carbocycles. The molecule has 0 heterocycles. The van der Waals surface area contributed by atoms with E-state index in [-0.39, 0.29) is 29.2 Å². The molecule has 8 heteroatoms. The number of hydrogen-bond acceptors (Lipinski definition) is 7. The van der Waals surface area contributed by atoms with Crippen LogP contribution < -0.4 is 5.73 Å². The number of rotatable bonds is 2. The Kier molecular flexibility index (Phi) is 4.32. The van der Waals surface area contributed by atoms with Crippen molar-refractivity contribution >= 4 is 17.5 Å². The van der Waals surface area contributed by atoms with E-state index in [0.29, 0.717) is 12.0 Å². The largest absolute Gasteiger partial charge is 0.511 e. The maximum atomic E-state index is 13.3. The van der Waals surface area contributed by atoms with E-state index < -0.39 is 57.9 Å². The van der Waals surface area contributed by atoms with Crippen LogP contribution >= 0.6 is 0 Å². The highest BCUT2D eigenvalue weighted by atomic mass is 16.3. The van der Waals surface area contributed by atoms with E-state index >= 15 is 0 Å². The number of nitrogens with two attached hydrogens (primary N) is 1. The second-order valence-corrected chi connectivity index (χ2v) is 8.30. The molecule has 0 bridgehead atoms. The summed E-state index contributed by atoms with van der Waals surface area (Å²) in [6, 6.07) is 4.74. The van der Waals surface area contributed by atoms with Crippen LogP contribution in [0.1, 0.15) is 48.5 Å². The minimum atomic E-state index is -2.56. The first-order valence-electron chi connectivity index (χ1n) is 9.87. The minimum absolute atomic E-state index is 0.0361. The van der Waals surface area contributed by atoms with Gasteiger partial charge in [-0.05, 0) is 36.3 Å². The SMILES string of the molecule is CC[C@@H]1c2cccc(O)c2C(=O)C2=C(O)[C@]3(O)C(=O)C(C(N)=O)=C(O)[C@@H](C)[C@@H]3C[C@@H]21. The lowest BCUT2D eigenvalue weighted by molar-refractivity contribution is -0.147. The fourth-order valence-corrected chi connectivity index (χ4v) is 5.53. The lowest BCUT2D eigenvalue weighted by Crippen LogP contribution is -2.59. The predicted octanol–water partition coefficient (Wildman–Crippen LogP) is 1.78. The van der Waals surface area contributed by atoms with Crippen LogP contribution in [0.15, 0.2) is 40.9 Å². The molecule has 0 spiro atoms. The zero-order valence-corrected chi connectivity index (χ0v) is 16.5. The molecule has 0 saturated heterocycles. The number of amides is 1. The molecule has 30 heavy (non-hydrogen) atoms. The Labute approximate surface area is 172 Å². The molecule has 0 radical (unpaired) electrons. The highest BCUT2D eigenvalue weighted by Gasteiger charge is 2.62. The number of carbonyl (C=O) groups excluding carboxylic acids is 3. The number of primary amides is 1. The third-order valence-electron chi connectivity index (χ3n) is 7.01. The Balaban J connectivity index is 2.00. The zero-order chi connectivity index (χ0) is 22.1. The quantitative estimate of drug-likeness (QED) is 0.462. The van der Waals surface area contributed by atoms with E-state index in [1.807, 2.05) is 6.92 Å². The summed E-state index contributed by atoms with van der Waals surface area (Å²) in [4.78, 5) is 38.1. The van der Waals surface area contributed by atoms with Crippen LogP contribution in [0, 0.1) is 17.8 Å². The van der Waals surface area contributed by atoms with Gasteiger partial charge in [-0.2, -0.15) is 0 Å². The minimum Gasteiger partial charge on any atom is -0.511 e. The fraction of sp³-hybridized carbons (Fsp3) is 0.409. The third kappa shape index (κ3) is 2.28. The topological polar surface area (TPSA) is 158 Å². The molecular weight excluding hydrogens is 390 g/mol. The second kappa shape index (κ2) is 6.43. The van der Waals surface area contributed by atoms with Crippen molar-refractivity contribution in [3.63, 3.8) is 0 Å². The van der Waals surface area contributed by atoms with Crippen molar-refractivity contribution in [3.05, 3.63) is 52.0 Å². The van der Waals surface area contributed by atoms with Gasteiger partial charge in [0.05, 0.1) is 5.56 Å². The summed E-state index contributed by atoms with van der Waals surface area (Å²) in [6.45, 7) is 3.44.